The van der Waals surface area contributed by atoms with Crippen molar-refractivity contribution in [3.05, 3.63) is 27.9 Å². The molecule has 1 aromatic rings. The molecular formula is C18H23N2O3S2-. The molecular weight excluding hydrogens is 356 g/mol. The predicted octanol–water partition coefficient (Wildman–Crippen LogP) is 2.81. The molecule has 0 N–H and O–H groups in total. The molecule has 25 heavy (non-hydrogen) atoms. The van der Waals surface area contributed by atoms with Crippen LogP contribution in [0.3, 0.4) is 0 Å². The number of aliphatic carboxylic acids is 1. The maximum atomic E-state index is 12.6. The average Bonchev–Trinajstić information content (AvgIpc) is 2.93. The van der Waals surface area contributed by atoms with Crippen LogP contribution in [0.1, 0.15) is 56.1 Å². The third kappa shape index (κ3) is 4.52. The molecule has 2 heterocycles. The maximum absolute atomic E-state index is 12.6. The highest BCUT2D eigenvalue weighted by Crippen LogP contribution is 2.34. The number of nitrogens with zero attached hydrogens (tertiary/aromatic N) is 2. The Morgan fingerprint density at radius 2 is 2.04 bits per heavy atom. The van der Waals surface area contributed by atoms with Crippen molar-refractivity contribution in [2.45, 2.75) is 53.0 Å². The van der Waals surface area contributed by atoms with Gasteiger partial charge < -0.3 is 14.5 Å². The molecule has 0 saturated carbocycles. The summed E-state index contributed by atoms with van der Waals surface area (Å²) in [6, 6.07) is 2.45. The first-order chi connectivity index (χ1) is 11.7. The molecule has 1 saturated heterocycles. The molecule has 7 heteroatoms. The zero-order chi connectivity index (χ0) is 18.7. The summed E-state index contributed by atoms with van der Waals surface area (Å²) >= 11 is 6.61. The van der Waals surface area contributed by atoms with E-state index in [0.29, 0.717) is 34.7 Å². The quantitative estimate of drug-likeness (QED) is 0.414. The number of carbonyl (C=O) groups excluding carboxylic acids is 2. The number of amides is 1. The van der Waals surface area contributed by atoms with Gasteiger partial charge in [-0.3, -0.25) is 9.69 Å². The summed E-state index contributed by atoms with van der Waals surface area (Å²) in [7, 11) is 0. The fourth-order valence-electron chi connectivity index (χ4n) is 3.12. The summed E-state index contributed by atoms with van der Waals surface area (Å²) in [5, 5.41) is 10.5. The zero-order valence-electron chi connectivity index (χ0n) is 15.0. The molecule has 1 fully saturated rings. The fraction of sp³-hybridized carbons (Fsp3) is 0.500. The van der Waals surface area contributed by atoms with Crippen molar-refractivity contribution in [1.29, 1.82) is 0 Å². The van der Waals surface area contributed by atoms with Crippen LogP contribution in [0.2, 0.25) is 0 Å². The molecule has 0 spiro atoms. The minimum absolute atomic E-state index is 0.00577. The summed E-state index contributed by atoms with van der Waals surface area (Å²) in [4.78, 5) is 25.2. The number of carbonyl (C=O) groups is 2. The molecule has 0 unspecified atom stereocenters. The van der Waals surface area contributed by atoms with Gasteiger partial charge in [0.15, 0.2) is 0 Å². The molecule has 0 atom stereocenters. The van der Waals surface area contributed by atoms with Crippen LogP contribution >= 0.6 is 24.0 Å². The number of hydrogen-bond acceptors (Lipinski definition) is 5. The number of rotatable bonds is 7. The Kier molecular flexibility index (Phi) is 6.46. The van der Waals surface area contributed by atoms with E-state index in [1.807, 2.05) is 6.08 Å². The van der Waals surface area contributed by atoms with Crippen molar-refractivity contribution in [2.24, 2.45) is 0 Å². The molecule has 136 valence electrons. The lowest BCUT2D eigenvalue weighted by Crippen LogP contribution is -2.29. The van der Waals surface area contributed by atoms with E-state index in [4.69, 9.17) is 12.2 Å². The molecule has 1 aliphatic heterocycles. The zero-order valence-corrected chi connectivity index (χ0v) is 16.6. The van der Waals surface area contributed by atoms with Gasteiger partial charge in [-0.05, 0) is 64.7 Å². The lowest BCUT2D eigenvalue weighted by Gasteiger charge is -2.14. The van der Waals surface area contributed by atoms with E-state index >= 15 is 0 Å². The van der Waals surface area contributed by atoms with Gasteiger partial charge in [-0.1, -0.05) is 24.0 Å². The Labute approximate surface area is 158 Å². The lowest BCUT2D eigenvalue weighted by atomic mass is 10.2. The van der Waals surface area contributed by atoms with Gasteiger partial charge in [0.25, 0.3) is 5.91 Å². The van der Waals surface area contributed by atoms with Gasteiger partial charge in [-0.15, -0.1) is 0 Å². The Morgan fingerprint density at radius 3 is 2.60 bits per heavy atom. The van der Waals surface area contributed by atoms with Crippen LogP contribution in [0.4, 0.5) is 0 Å². The molecule has 5 nitrogen and oxygen atoms in total. The van der Waals surface area contributed by atoms with Gasteiger partial charge in [-0.2, -0.15) is 0 Å². The molecule has 1 aliphatic rings. The summed E-state index contributed by atoms with van der Waals surface area (Å²) < 4.78 is 2.77. The topological polar surface area (TPSA) is 65.4 Å². The van der Waals surface area contributed by atoms with Crippen LogP contribution in [0.15, 0.2) is 11.0 Å². The fourth-order valence-corrected chi connectivity index (χ4v) is 4.42. The Balaban J connectivity index is 2.12. The van der Waals surface area contributed by atoms with Gasteiger partial charge in [0.05, 0.1) is 4.91 Å². The molecule has 0 bridgehead atoms. The first-order valence-corrected chi connectivity index (χ1v) is 9.58. The minimum atomic E-state index is -1.06. The van der Waals surface area contributed by atoms with Crippen molar-refractivity contribution in [3.8, 4) is 0 Å². The first-order valence-electron chi connectivity index (χ1n) is 8.36. The van der Waals surface area contributed by atoms with Crippen molar-refractivity contribution < 1.29 is 14.7 Å². The minimum Gasteiger partial charge on any atom is -0.550 e. The third-order valence-corrected chi connectivity index (χ3v) is 5.59. The summed E-state index contributed by atoms with van der Waals surface area (Å²) in [6.45, 7) is 8.83. The molecule has 2 rings (SSSR count). The van der Waals surface area contributed by atoms with Crippen LogP contribution in [0.5, 0.6) is 0 Å². The smallest absolute Gasteiger partial charge is 0.266 e. The highest BCUT2D eigenvalue weighted by Gasteiger charge is 2.31. The second kappa shape index (κ2) is 8.19. The number of hydrogen-bond donors (Lipinski definition) is 0. The van der Waals surface area contributed by atoms with E-state index < -0.39 is 5.97 Å². The number of unbranched alkanes of at least 4 members (excludes halogenated alkanes) is 1. The number of thioether (sulfide) groups is 1. The lowest BCUT2D eigenvalue weighted by molar-refractivity contribution is -0.305. The number of aryl methyl sites for hydroxylation is 1. The summed E-state index contributed by atoms with van der Waals surface area (Å²) in [5.74, 6) is -1.16. The van der Waals surface area contributed by atoms with Gasteiger partial charge in [0.1, 0.15) is 4.32 Å². The van der Waals surface area contributed by atoms with Gasteiger partial charge in [0.2, 0.25) is 0 Å². The molecule has 1 aromatic heterocycles. The van der Waals surface area contributed by atoms with Gasteiger partial charge >= 0.3 is 0 Å². The largest absolute Gasteiger partial charge is 0.550 e. The van der Waals surface area contributed by atoms with E-state index in [2.05, 4.69) is 38.3 Å². The monoisotopic (exact) mass is 379 g/mol. The van der Waals surface area contributed by atoms with E-state index in [0.717, 1.165) is 17.0 Å². The highest BCUT2D eigenvalue weighted by atomic mass is 32.2. The molecule has 0 aromatic carbocycles. The Bertz CT molecular complexity index is 735. The third-order valence-electron chi connectivity index (χ3n) is 4.21. The number of carboxylic acid groups (broad SMARTS) is 1. The normalized spacial score (nSPS) is 16.5. The van der Waals surface area contributed by atoms with Gasteiger partial charge in [-0.25, -0.2) is 0 Å². The van der Waals surface area contributed by atoms with Crippen molar-refractivity contribution in [1.82, 2.24) is 9.47 Å². The second-order valence-electron chi connectivity index (χ2n) is 6.45. The van der Waals surface area contributed by atoms with Crippen molar-refractivity contribution in [2.75, 3.05) is 6.54 Å². The summed E-state index contributed by atoms with van der Waals surface area (Å²) in [6.07, 6.45) is 2.98. The van der Waals surface area contributed by atoms with E-state index in [-0.39, 0.29) is 12.3 Å². The average molecular weight is 380 g/mol. The maximum Gasteiger partial charge on any atom is 0.266 e. The molecule has 0 radical (unpaired) electrons. The van der Waals surface area contributed by atoms with E-state index in [1.54, 1.807) is 4.90 Å². The Morgan fingerprint density at radius 1 is 1.36 bits per heavy atom. The highest BCUT2D eigenvalue weighted by molar-refractivity contribution is 8.26. The summed E-state index contributed by atoms with van der Waals surface area (Å²) in [5.41, 5.74) is 3.33. The first kappa shape index (κ1) is 19.7. The number of aromatic nitrogens is 1. The number of thiocarbonyl (C=S) groups is 1. The second-order valence-corrected chi connectivity index (χ2v) is 8.13. The van der Waals surface area contributed by atoms with Crippen molar-refractivity contribution in [3.63, 3.8) is 0 Å². The van der Waals surface area contributed by atoms with E-state index in [9.17, 15) is 14.7 Å². The van der Waals surface area contributed by atoms with Gasteiger partial charge in [0, 0.05) is 29.9 Å². The van der Waals surface area contributed by atoms with Crippen molar-refractivity contribution >= 4 is 46.3 Å². The van der Waals surface area contributed by atoms with Crippen LogP contribution < -0.4 is 5.11 Å². The SMILES string of the molecule is Cc1cc(/C=C2\SC(=S)N(CCCCC(=O)[O-])C2=O)c(C)n1C(C)C. The van der Waals surface area contributed by atoms with Crippen LogP contribution in [0.25, 0.3) is 6.08 Å². The predicted molar refractivity (Wildman–Crippen MR) is 103 cm³/mol. The number of carboxylic acids is 1. The van der Waals surface area contributed by atoms with Crippen LogP contribution in [-0.4, -0.2) is 32.2 Å². The molecule has 0 aliphatic carbocycles. The molecule has 1 amide bonds. The van der Waals surface area contributed by atoms with Crippen LogP contribution in [0, 0.1) is 13.8 Å². The Hall–Kier alpha value is -1.60. The standard InChI is InChI=1S/C18H24N2O3S2/c1-11(2)20-12(3)9-14(13(20)4)10-15-17(23)19(18(24)25-15)8-6-5-7-16(21)22/h9-11H,5-8H2,1-4H3,(H,21,22)/p-1/b15-10-. The van der Waals surface area contributed by atoms with E-state index in [1.165, 1.54) is 11.8 Å². The van der Waals surface area contributed by atoms with Crippen LogP contribution in [-0.2, 0) is 9.59 Å².